The fourth-order valence-corrected chi connectivity index (χ4v) is 5.21. The van der Waals surface area contributed by atoms with E-state index in [0.29, 0.717) is 23.1 Å². The van der Waals surface area contributed by atoms with E-state index < -0.39 is 0 Å². The number of methoxy groups -OCH3 is 1. The van der Waals surface area contributed by atoms with Crippen molar-refractivity contribution in [1.82, 2.24) is 19.3 Å². The van der Waals surface area contributed by atoms with Crippen LogP contribution in [0.2, 0.25) is 0 Å². The molecule has 8 nitrogen and oxygen atoms in total. The molecular weight excluding hydrogens is 438 g/mol. The van der Waals surface area contributed by atoms with Gasteiger partial charge in [0.25, 0.3) is 5.91 Å². The second-order valence-corrected chi connectivity index (χ2v) is 9.08. The highest BCUT2D eigenvalue weighted by Gasteiger charge is 2.26. The number of fused-ring (bicyclic) bond motifs is 2. The normalized spacial score (nSPS) is 14.7. The first kappa shape index (κ1) is 21.8. The maximum atomic E-state index is 13.9. The van der Waals surface area contributed by atoms with E-state index in [1.165, 1.54) is 11.3 Å². The molecule has 0 bridgehead atoms. The fourth-order valence-electron chi connectivity index (χ4n) is 4.20. The zero-order chi connectivity index (χ0) is 22.8. The van der Waals surface area contributed by atoms with Gasteiger partial charge in [0.2, 0.25) is 0 Å². The molecule has 9 heteroatoms. The lowest BCUT2D eigenvalue weighted by atomic mass is 10.2. The van der Waals surface area contributed by atoms with Crippen LogP contribution >= 0.6 is 11.3 Å². The van der Waals surface area contributed by atoms with Gasteiger partial charge in [0.15, 0.2) is 5.13 Å². The average Bonchev–Trinajstić information content (AvgIpc) is 3.41. The predicted octanol–water partition coefficient (Wildman–Crippen LogP) is 3.63. The number of pyridine rings is 1. The van der Waals surface area contributed by atoms with Crippen molar-refractivity contribution in [3.05, 3.63) is 54.0 Å². The first-order chi connectivity index (χ1) is 16.1. The number of carbonyl (C=O) groups excluding carboxylic acids is 1. The minimum absolute atomic E-state index is 0.0841. The summed E-state index contributed by atoms with van der Waals surface area (Å²) in [5.74, 6) is 0.694. The minimum Gasteiger partial charge on any atom is -0.497 e. The zero-order valence-corrected chi connectivity index (χ0v) is 19.7. The maximum Gasteiger partial charge on any atom is 0.278 e. The molecule has 1 saturated heterocycles. The minimum atomic E-state index is -0.0841. The molecule has 1 fully saturated rings. The third-order valence-electron chi connectivity index (χ3n) is 5.93. The van der Waals surface area contributed by atoms with Crippen molar-refractivity contribution in [3.8, 4) is 5.75 Å². The number of anilines is 1. The maximum absolute atomic E-state index is 13.9. The van der Waals surface area contributed by atoms with E-state index >= 15 is 0 Å². The van der Waals surface area contributed by atoms with Crippen LogP contribution in [0.1, 0.15) is 22.6 Å². The van der Waals surface area contributed by atoms with Gasteiger partial charge in [-0.1, -0.05) is 17.4 Å². The number of nitrogens with zero attached hydrogens (tertiary/aromatic N) is 5. The van der Waals surface area contributed by atoms with Gasteiger partial charge in [-0.05, 0) is 43.7 Å². The van der Waals surface area contributed by atoms with Crippen molar-refractivity contribution in [1.29, 1.82) is 0 Å². The number of imidazole rings is 1. The van der Waals surface area contributed by atoms with Crippen LogP contribution in [-0.2, 0) is 4.74 Å². The molecule has 0 atom stereocenters. The highest BCUT2D eigenvalue weighted by molar-refractivity contribution is 7.22. The summed E-state index contributed by atoms with van der Waals surface area (Å²) in [7, 11) is 1.65. The Morgan fingerprint density at radius 2 is 2.06 bits per heavy atom. The number of ether oxygens (including phenoxy) is 2. The van der Waals surface area contributed by atoms with E-state index in [1.54, 1.807) is 12.0 Å². The van der Waals surface area contributed by atoms with Gasteiger partial charge in [0.1, 0.15) is 17.1 Å². The Morgan fingerprint density at radius 1 is 1.21 bits per heavy atom. The molecule has 1 aliphatic rings. The second kappa shape index (κ2) is 9.46. The summed E-state index contributed by atoms with van der Waals surface area (Å²) in [6, 6.07) is 11.5. The van der Waals surface area contributed by atoms with Crippen LogP contribution in [0.3, 0.4) is 0 Å². The highest BCUT2D eigenvalue weighted by Crippen LogP contribution is 2.32. The van der Waals surface area contributed by atoms with E-state index in [2.05, 4.69) is 9.88 Å². The van der Waals surface area contributed by atoms with E-state index in [-0.39, 0.29) is 5.91 Å². The standard InChI is InChI=1S/C24H27N5O3S/c1-17-22(28-10-4-3-6-21(28)25-17)23(30)29(11-5-9-27-12-14-32-15-13-27)24-26-19-8-7-18(31-2)16-20(19)33-24/h3-4,6-8,10,16H,5,9,11-15H2,1-2H3. The van der Waals surface area contributed by atoms with Gasteiger partial charge < -0.3 is 9.47 Å². The monoisotopic (exact) mass is 465 g/mol. The number of rotatable bonds is 7. The van der Waals surface area contributed by atoms with E-state index in [4.69, 9.17) is 14.5 Å². The number of hydrogen-bond acceptors (Lipinski definition) is 7. The van der Waals surface area contributed by atoms with Gasteiger partial charge in [-0.3, -0.25) is 19.0 Å². The van der Waals surface area contributed by atoms with E-state index in [0.717, 1.165) is 60.9 Å². The average molecular weight is 466 g/mol. The molecule has 4 aromatic rings. The molecule has 0 N–H and O–H groups in total. The Labute approximate surface area is 196 Å². The van der Waals surface area contributed by atoms with Crippen LogP contribution < -0.4 is 9.64 Å². The third kappa shape index (κ3) is 4.44. The number of thiazole rings is 1. The van der Waals surface area contributed by atoms with Gasteiger partial charge in [-0.2, -0.15) is 0 Å². The van der Waals surface area contributed by atoms with Gasteiger partial charge in [-0.25, -0.2) is 9.97 Å². The number of amides is 1. The Kier molecular flexibility index (Phi) is 6.26. The molecule has 1 aromatic carbocycles. The Bertz CT molecular complexity index is 1280. The number of benzene rings is 1. The second-order valence-electron chi connectivity index (χ2n) is 8.07. The quantitative estimate of drug-likeness (QED) is 0.415. The van der Waals surface area contributed by atoms with E-state index in [9.17, 15) is 4.79 Å². The first-order valence-electron chi connectivity index (χ1n) is 11.1. The molecule has 172 valence electrons. The van der Waals surface area contributed by atoms with Crippen LogP contribution in [0.5, 0.6) is 5.75 Å². The zero-order valence-electron chi connectivity index (χ0n) is 18.9. The number of aryl methyl sites for hydroxylation is 1. The lowest BCUT2D eigenvalue weighted by molar-refractivity contribution is 0.0376. The van der Waals surface area contributed by atoms with Crippen LogP contribution in [0.25, 0.3) is 15.9 Å². The third-order valence-corrected chi connectivity index (χ3v) is 6.97. The number of hydrogen-bond donors (Lipinski definition) is 0. The molecule has 3 aromatic heterocycles. The SMILES string of the molecule is COc1ccc2nc(N(CCCN3CCOCC3)C(=O)c3c(C)nc4ccccn34)sc2c1. The Balaban J connectivity index is 1.47. The fraction of sp³-hybridized carbons (Fsp3) is 0.375. The first-order valence-corrected chi connectivity index (χ1v) is 12.0. The van der Waals surface area contributed by atoms with Crippen LogP contribution in [-0.4, -0.2) is 71.7 Å². The van der Waals surface area contributed by atoms with Crippen molar-refractivity contribution >= 4 is 38.2 Å². The van der Waals surface area contributed by atoms with Crippen LogP contribution in [0, 0.1) is 6.92 Å². The van der Waals surface area contributed by atoms with Crippen molar-refractivity contribution < 1.29 is 14.3 Å². The molecule has 0 radical (unpaired) electrons. The molecule has 0 unspecified atom stereocenters. The smallest absolute Gasteiger partial charge is 0.278 e. The topological polar surface area (TPSA) is 72.2 Å². The van der Waals surface area contributed by atoms with Gasteiger partial charge in [-0.15, -0.1) is 0 Å². The number of carbonyl (C=O) groups is 1. The Hall–Kier alpha value is -3.01. The van der Waals surface area contributed by atoms with Crippen molar-refractivity contribution in [2.75, 3.05) is 51.4 Å². The molecule has 1 amide bonds. The largest absolute Gasteiger partial charge is 0.497 e. The van der Waals surface area contributed by atoms with Crippen LogP contribution in [0.4, 0.5) is 5.13 Å². The molecule has 0 saturated carbocycles. The molecule has 0 spiro atoms. The molecule has 1 aliphatic heterocycles. The van der Waals surface area contributed by atoms with E-state index in [1.807, 2.05) is 53.9 Å². The van der Waals surface area contributed by atoms with Crippen molar-refractivity contribution in [2.45, 2.75) is 13.3 Å². The van der Waals surface area contributed by atoms with Crippen molar-refractivity contribution in [2.24, 2.45) is 0 Å². The molecular formula is C24H27N5O3S. The van der Waals surface area contributed by atoms with Gasteiger partial charge in [0, 0.05) is 32.4 Å². The summed E-state index contributed by atoms with van der Waals surface area (Å²) in [5, 5.41) is 0.690. The summed E-state index contributed by atoms with van der Waals surface area (Å²) >= 11 is 1.51. The summed E-state index contributed by atoms with van der Waals surface area (Å²) < 4.78 is 13.7. The van der Waals surface area contributed by atoms with Crippen LogP contribution in [0.15, 0.2) is 42.6 Å². The summed E-state index contributed by atoms with van der Waals surface area (Å²) in [6.45, 7) is 6.77. The molecule has 4 heterocycles. The van der Waals surface area contributed by atoms with Crippen molar-refractivity contribution in [3.63, 3.8) is 0 Å². The molecule has 0 aliphatic carbocycles. The number of aromatic nitrogens is 3. The predicted molar refractivity (Wildman–Crippen MR) is 130 cm³/mol. The van der Waals surface area contributed by atoms with Gasteiger partial charge in [0.05, 0.1) is 36.2 Å². The summed E-state index contributed by atoms with van der Waals surface area (Å²) in [4.78, 5) is 27.5. The molecule has 5 rings (SSSR count). The lowest BCUT2D eigenvalue weighted by Crippen LogP contribution is -2.39. The Morgan fingerprint density at radius 3 is 2.88 bits per heavy atom. The molecule has 33 heavy (non-hydrogen) atoms. The van der Waals surface area contributed by atoms with Gasteiger partial charge >= 0.3 is 0 Å². The summed E-state index contributed by atoms with van der Waals surface area (Å²) in [6.07, 6.45) is 2.73. The number of morpholine rings is 1. The highest BCUT2D eigenvalue weighted by atomic mass is 32.1. The lowest BCUT2D eigenvalue weighted by Gasteiger charge is -2.27. The summed E-state index contributed by atoms with van der Waals surface area (Å²) in [5.41, 5.74) is 2.92.